The fourth-order valence-electron chi connectivity index (χ4n) is 2.22. The number of rotatable bonds is 8. The van der Waals surface area contributed by atoms with E-state index in [0.29, 0.717) is 0 Å². The zero-order valence-corrected chi connectivity index (χ0v) is 14.9. The fourth-order valence-corrected chi connectivity index (χ4v) is 4.35. The third kappa shape index (κ3) is 4.61. The van der Waals surface area contributed by atoms with Gasteiger partial charge in [0.1, 0.15) is 0 Å². The van der Waals surface area contributed by atoms with E-state index >= 15 is 0 Å². The van der Waals surface area contributed by atoms with Gasteiger partial charge in [0.05, 0.1) is 12.2 Å². The van der Waals surface area contributed by atoms with E-state index in [-0.39, 0.29) is 5.56 Å². The Morgan fingerprint density at radius 2 is 1.57 bits per heavy atom. The maximum Gasteiger partial charge on any atom is 0.369 e. The molecule has 1 rings (SSSR count). The van der Waals surface area contributed by atoms with E-state index in [1.807, 2.05) is 0 Å². The van der Waals surface area contributed by atoms with E-state index < -0.39 is 36.1 Å². The van der Waals surface area contributed by atoms with Crippen molar-refractivity contribution in [3.63, 3.8) is 0 Å². The summed E-state index contributed by atoms with van der Waals surface area (Å²) in [4.78, 5) is 10.9. The second-order valence-corrected chi connectivity index (χ2v) is 8.32. The predicted octanol–water partition coefficient (Wildman–Crippen LogP) is 3.76. The molecule has 0 radical (unpaired) electrons. The molecule has 0 aromatic heterocycles. The summed E-state index contributed by atoms with van der Waals surface area (Å²) in [5, 5.41) is 20.1. The largest absolute Gasteiger partial charge is 0.372 e. The van der Waals surface area contributed by atoms with Gasteiger partial charge in [-0.25, -0.2) is 0 Å². The zero-order valence-electron chi connectivity index (χ0n) is 14.0. The molecule has 2 atom stereocenters. The molecule has 0 saturated carbocycles. The van der Waals surface area contributed by atoms with Gasteiger partial charge in [-0.3, -0.25) is 14.7 Å². The number of nitro groups is 1. The summed E-state index contributed by atoms with van der Waals surface area (Å²) >= 11 is 0. The van der Waals surface area contributed by atoms with Crippen LogP contribution in [0, 0.1) is 10.1 Å². The Morgan fingerprint density at radius 3 is 1.91 bits per heavy atom. The lowest BCUT2D eigenvalue weighted by Gasteiger charge is -2.35. The molecule has 0 unspecified atom stereocenters. The third-order valence-electron chi connectivity index (χ3n) is 3.10. The normalized spacial score (nSPS) is 16.3. The lowest BCUT2D eigenvalue weighted by atomic mass is 10.0. The van der Waals surface area contributed by atoms with Crippen molar-refractivity contribution in [3.05, 3.63) is 46.0 Å². The van der Waals surface area contributed by atoms with Crippen molar-refractivity contribution in [2.45, 2.75) is 58.2 Å². The lowest BCUT2D eigenvalue weighted by Crippen LogP contribution is -2.39. The summed E-state index contributed by atoms with van der Waals surface area (Å²) in [6, 6.07) is 6.27. The molecule has 130 valence electrons. The van der Waals surface area contributed by atoms with E-state index in [1.54, 1.807) is 45.9 Å². The minimum Gasteiger partial charge on any atom is -0.372 e. The van der Waals surface area contributed by atoms with Crippen molar-refractivity contribution < 1.29 is 23.6 Å². The SMILES string of the molecule is CC(C)OP(=O)(OC(C)C)[C@@](C)(O)[C@@H](c1ccccc1)[N+](=O)[O-]. The Hall–Kier alpha value is -1.27. The van der Waals surface area contributed by atoms with Gasteiger partial charge in [0.15, 0.2) is 0 Å². The molecule has 0 heterocycles. The van der Waals surface area contributed by atoms with Crippen molar-refractivity contribution in [2.75, 3.05) is 0 Å². The molecule has 1 aromatic carbocycles. The second-order valence-electron chi connectivity index (χ2n) is 6.00. The van der Waals surface area contributed by atoms with E-state index in [9.17, 15) is 19.8 Å². The van der Waals surface area contributed by atoms with Gasteiger partial charge in [0.25, 0.3) is 6.04 Å². The number of nitrogens with zero attached hydrogens (tertiary/aromatic N) is 1. The Balaban J connectivity index is 3.40. The van der Waals surface area contributed by atoms with Crippen molar-refractivity contribution in [3.8, 4) is 0 Å². The first-order chi connectivity index (χ1) is 10.5. The average Bonchev–Trinajstić information content (AvgIpc) is 2.36. The monoisotopic (exact) mass is 345 g/mol. The molecule has 8 heteroatoms. The highest BCUT2D eigenvalue weighted by Gasteiger charge is 2.59. The highest BCUT2D eigenvalue weighted by Crippen LogP contribution is 2.64. The zero-order chi connectivity index (χ0) is 17.8. The topological polar surface area (TPSA) is 98.9 Å². The van der Waals surface area contributed by atoms with Crippen molar-refractivity contribution in [2.24, 2.45) is 0 Å². The van der Waals surface area contributed by atoms with Crippen LogP contribution in [-0.4, -0.2) is 27.6 Å². The van der Waals surface area contributed by atoms with E-state index in [1.165, 1.54) is 12.1 Å². The Labute approximate surface area is 136 Å². The van der Waals surface area contributed by atoms with Crippen molar-refractivity contribution in [1.82, 2.24) is 0 Å². The van der Waals surface area contributed by atoms with E-state index in [0.717, 1.165) is 6.92 Å². The van der Waals surface area contributed by atoms with Crippen LogP contribution in [0.1, 0.15) is 46.2 Å². The predicted molar refractivity (Wildman–Crippen MR) is 86.8 cm³/mol. The summed E-state index contributed by atoms with van der Waals surface area (Å²) in [5.74, 6) is 0. The number of aliphatic hydroxyl groups is 1. The molecule has 1 aromatic rings. The van der Waals surface area contributed by atoms with Crippen LogP contribution >= 0.6 is 7.60 Å². The van der Waals surface area contributed by atoms with Crippen LogP contribution in [0.2, 0.25) is 0 Å². The Kier molecular flexibility index (Phi) is 6.48. The maximum absolute atomic E-state index is 13.2. The van der Waals surface area contributed by atoms with E-state index in [4.69, 9.17) is 9.05 Å². The van der Waals surface area contributed by atoms with E-state index in [2.05, 4.69) is 0 Å². The number of hydrogen-bond donors (Lipinski definition) is 1. The van der Waals surface area contributed by atoms with Gasteiger partial charge in [-0.1, -0.05) is 30.3 Å². The summed E-state index contributed by atoms with van der Waals surface area (Å²) in [6.45, 7) is 7.61. The van der Waals surface area contributed by atoms with Crippen molar-refractivity contribution in [1.29, 1.82) is 0 Å². The average molecular weight is 345 g/mol. The summed E-state index contributed by atoms with van der Waals surface area (Å²) < 4.78 is 23.9. The molecule has 1 N–H and O–H groups in total. The number of hydrogen-bond acceptors (Lipinski definition) is 6. The Bertz CT molecular complexity index is 559. The van der Waals surface area contributed by atoms with Gasteiger partial charge in [-0.2, -0.15) is 0 Å². The molecule has 0 bridgehead atoms. The molecular weight excluding hydrogens is 321 g/mol. The first-order valence-electron chi connectivity index (χ1n) is 7.39. The van der Waals surface area contributed by atoms with Crippen LogP contribution in [0.25, 0.3) is 0 Å². The first kappa shape index (κ1) is 19.8. The summed E-state index contributed by atoms with van der Waals surface area (Å²) in [5.41, 5.74) is 0.224. The quantitative estimate of drug-likeness (QED) is 0.437. The molecule has 0 aliphatic carbocycles. The van der Waals surface area contributed by atoms with Gasteiger partial charge in [0.2, 0.25) is 5.34 Å². The highest BCUT2D eigenvalue weighted by atomic mass is 31.2. The second kappa shape index (κ2) is 7.53. The molecule has 0 aliphatic heterocycles. The standard InChI is InChI=1S/C15H24NO6P/c1-11(2)21-23(20,22-12(3)4)15(5,17)14(16(18)19)13-9-7-6-8-10-13/h6-12,14,17H,1-5H3/t14-,15-/m1/s1. The van der Waals surface area contributed by atoms with Gasteiger partial charge in [0, 0.05) is 10.5 Å². The van der Waals surface area contributed by atoms with Crippen LogP contribution in [-0.2, 0) is 13.6 Å². The molecule has 7 nitrogen and oxygen atoms in total. The molecule has 0 saturated heterocycles. The molecule has 0 aliphatic rings. The minimum absolute atomic E-state index is 0.224. The highest BCUT2D eigenvalue weighted by molar-refractivity contribution is 7.55. The minimum atomic E-state index is -4.20. The van der Waals surface area contributed by atoms with Crippen LogP contribution in [0.5, 0.6) is 0 Å². The van der Waals surface area contributed by atoms with Crippen molar-refractivity contribution >= 4 is 7.60 Å². The molecular formula is C15H24NO6P. The smallest absolute Gasteiger partial charge is 0.369 e. The van der Waals surface area contributed by atoms with Crippen LogP contribution in [0.15, 0.2) is 30.3 Å². The van der Waals surface area contributed by atoms with Crippen LogP contribution in [0.4, 0.5) is 0 Å². The fraction of sp³-hybridized carbons (Fsp3) is 0.600. The first-order valence-corrected chi connectivity index (χ1v) is 8.93. The molecule has 0 fully saturated rings. The van der Waals surface area contributed by atoms with Gasteiger partial charge in [-0.05, 0) is 34.6 Å². The molecule has 0 amide bonds. The lowest BCUT2D eigenvalue weighted by molar-refractivity contribution is -0.545. The summed E-state index contributed by atoms with van der Waals surface area (Å²) in [7, 11) is -4.20. The van der Waals surface area contributed by atoms with Crippen LogP contribution < -0.4 is 0 Å². The third-order valence-corrected chi connectivity index (χ3v) is 5.85. The Morgan fingerprint density at radius 1 is 1.13 bits per heavy atom. The number of benzene rings is 1. The van der Waals surface area contributed by atoms with Crippen LogP contribution in [0.3, 0.4) is 0 Å². The summed E-state index contributed by atoms with van der Waals surface area (Å²) in [6.07, 6.45) is -1.07. The van der Waals surface area contributed by atoms with Gasteiger partial charge in [-0.15, -0.1) is 0 Å². The molecule has 0 spiro atoms. The maximum atomic E-state index is 13.2. The van der Waals surface area contributed by atoms with Gasteiger partial charge < -0.3 is 14.2 Å². The molecule has 23 heavy (non-hydrogen) atoms. The van der Waals surface area contributed by atoms with Gasteiger partial charge >= 0.3 is 7.60 Å².